The van der Waals surface area contributed by atoms with Crippen molar-refractivity contribution in [3.63, 3.8) is 0 Å². The van der Waals surface area contributed by atoms with Gasteiger partial charge in [0.25, 0.3) is 0 Å². The molecule has 2 aliphatic heterocycles. The Morgan fingerprint density at radius 2 is 2.09 bits per heavy atom. The van der Waals surface area contributed by atoms with E-state index in [1.807, 2.05) is 11.5 Å². The van der Waals surface area contributed by atoms with E-state index in [-0.39, 0.29) is 17.3 Å². The maximum Gasteiger partial charge on any atom is 0.221 e. The van der Waals surface area contributed by atoms with Crippen molar-refractivity contribution in [1.29, 1.82) is 0 Å². The van der Waals surface area contributed by atoms with Crippen molar-refractivity contribution in [3.05, 3.63) is 82.3 Å². The van der Waals surface area contributed by atoms with Crippen molar-refractivity contribution in [2.75, 3.05) is 13.7 Å². The molecule has 0 saturated heterocycles. The zero-order chi connectivity index (χ0) is 22.6. The van der Waals surface area contributed by atoms with Gasteiger partial charge in [-0.05, 0) is 46.6 Å². The molecule has 7 heteroatoms. The largest absolute Gasteiger partial charge is 0.391 e. The molecule has 1 aliphatic carbocycles. The average molecular weight is 462 g/mol. The minimum atomic E-state index is -0.189. The molecule has 0 aromatic heterocycles. The highest BCUT2D eigenvalue weighted by Crippen LogP contribution is 2.38. The highest BCUT2D eigenvalue weighted by Gasteiger charge is 2.29. The Bertz CT molecular complexity index is 1110. The van der Waals surface area contributed by atoms with Crippen LogP contribution in [-0.2, 0) is 27.3 Å². The van der Waals surface area contributed by atoms with Crippen LogP contribution in [0.5, 0.6) is 0 Å². The molecule has 33 heavy (non-hydrogen) atoms. The minimum Gasteiger partial charge on any atom is -0.391 e. The number of carbonyl (C=O) groups excluding carboxylic acids is 1. The van der Waals surface area contributed by atoms with E-state index >= 15 is 0 Å². The Labute approximate surface area is 198 Å². The van der Waals surface area contributed by atoms with E-state index in [4.69, 9.17) is 9.68 Å². The SMILES string of the molecule is CNC(=O)CC1SC=CC1=NOCC1ON=C1Cc1ccc(C2CCc3ccccc32)cc1. The molecule has 2 aromatic carbocycles. The van der Waals surface area contributed by atoms with Crippen molar-refractivity contribution in [2.45, 2.75) is 43.0 Å². The molecule has 2 heterocycles. The number of allylic oxidation sites excluding steroid dienone is 1. The first kappa shape index (κ1) is 21.8. The van der Waals surface area contributed by atoms with E-state index in [1.165, 1.54) is 28.7 Å². The van der Waals surface area contributed by atoms with Gasteiger partial charge < -0.3 is 15.0 Å². The van der Waals surface area contributed by atoms with Crippen LogP contribution in [0, 0.1) is 0 Å². The number of nitrogens with zero attached hydrogens (tertiary/aromatic N) is 2. The number of aryl methyl sites for hydroxylation is 1. The van der Waals surface area contributed by atoms with Crippen LogP contribution in [0.3, 0.4) is 0 Å². The Balaban J connectivity index is 1.13. The molecule has 6 nitrogen and oxygen atoms in total. The Kier molecular flexibility index (Phi) is 6.48. The zero-order valence-corrected chi connectivity index (χ0v) is 19.4. The number of fused-ring (bicyclic) bond motifs is 1. The quantitative estimate of drug-likeness (QED) is 0.598. The molecule has 0 saturated carbocycles. The molecule has 3 aliphatic rings. The Morgan fingerprint density at radius 1 is 1.24 bits per heavy atom. The number of hydrogen-bond acceptors (Lipinski definition) is 6. The van der Waals surface area contributed by atoms with Crippen LogP contribution in [0.4, 0.5) is 0 Å². The first-order valence-corrected chi connectivity index (χ1v) is 12.3. The molecule has 3 atom stereocenters. The molecule has 0 spiro atoms. The molecule has 0 bridgehead atoms. The van der Waals surface area contributed by atoms with E-state index in [9.17, 15) is 4.79 Å². The summed E-state index contributed by atoms with van der Waals surface area (Å²) in [5.74, 6) is 0.485. The van der Waals surface area contributed by atoms with Gasteiger partial charge in [-0.2, -0.15) is 0 Å². The predicted octanol–water partition coefficient (Wildman–Crippen LogP) is 4.20. The number of amides is 1. The lowest BCUT2D eigenvalue weighted by atomic mass is 9.91. The van der Waals surface area contributed by atoms with Crippen LogP contribution >= 0.6 is 11.8 Å². The lowest BCUT2D eigenvalue weighted by Crippen LogP contribution is -2.37. The van der Waals surface area contributed by atoms with Gasteiger partial charge in [0.2, 0.25) is 12.0 Å². The maximum atomic E-state index is 11.6. The van der Waals surface area contributed by atoms with E-state index in [0.717, 1.165) is 24.3 Å². The van der Waals surface area contributed by atoms with E-state index in [1.54, 1.807) is 18.8 Å². The summed E-state index contributed by atoms with van der Waals surface area (Å²) >= 11 is 1.57. The third-order valence-electron chi connectivity index (χ3n) is 6.43. The summed E-state index contributed by atoms with van der Waals surface area (Å²) in [6, 6.07) is 17.7. The first-order chi connectivity index (χ1) is 16.2. The van der Waals surface area contributed by atoms with E-state index in [2.05, 4.69) is 64.2 Å². The summed E-state index contributed by atoms with van der Waals surface area (Å²) in [6.45, 7) is 0.310. The van der Waals surface area contributed by atoms with E-state index < -0.39 is 0 Å². The van der Waals surface area contributed by atoms with Crippen molar-refractivity contribution < 1.29 is 14.5 Å². The topological polar surface area (TPSA) is 72.3 Å². The van der Waals surface area contributed by atoms with E-state index in [0.29, 0.717) is 18.9 Å². The average Bonchev–Trinajstić information content (AvgIpc) is 3.46. The van der Waals surface area contributed by atoms with Crippen LogP contribution in [0.1, 0.15) is 41.0 Å². The Hall–Kier alpha value is -3.06. The highest BCUT2D eigenvalue weighted by molar-refractivity contribution is 8.04. The fourth-order valence-electron chi connectivity index (χ4n) is 4.53. The monoisotopic (exact) mass is 461 g/mol. The maximum absolute atomic E-state index is 11.6. The normalized spacial score (nSPS) is 24.1. The van der Waals surface area contributed by atoms with Crippen LogP contribution < -0.4 is 5.32 Å². The van der Waals surface area contributed by atoms with Gasteiger partial charge in [0.15, 0.2) is 6.61 Å². The molecule has 3 unspecified atom stereocenters. The second kappa shape index (κ2) is 9.83. The predicted molar refractivity (Wildman–Crippen MR) is 132 cm³/mol. The van der Waals surface area contributed by atoms with Crippen LogP contribution in [0.25, 0.3) is 0 Å². The smallest absolute Gasteiger partial charge is 0.221 e. The van der Waals surface area contributed by atoms with Gasteiger partial charge in [0, 0.05) is 25.8 Å². The lowest BCUT2D eigenvalue weighted by molar-refractivity contribution is -0.120. The summed E-state index contributed by atoms with van der Waals surface area (Å²) in [6.07, 6.45) is 5.15. The van der Waals surface area contributed by atoms with Crippen molar-refractivity contribution in [1.82, 2.24) is 5.32 Å². The van der Waals surface area contributed by atoms with Crippen LogP contribution in [-0.4, -0.2) is 42.3 Å². The fraction of sp³-hybridized carbons (Fsp3) is 0.346. The van der Waals surface area contributed by atoms with Gasteiger partial charge in [0.1, 0.15) is 5.71 Å². The molecular formula is C26H27N3O3S. The summed E-state index contributed by atoms with van der Waals surface area (Å²) in [5, 5.41) is 12.9. The summed E-state index contributed by atoms with van der Waals surface area (Å²) < 4.78 is 0. The molecule has 5 rings (SSSR count). The number of carbonyl (C=O) groups is 1. The molecule has 1 amide bonds. The van der Waals surface area contributed by atoms with Gasteiger partial charge in [-0.15, -0.1) is 11.8 Å². The number of rotatable bonds is 8. The number of nitrogens with one attached hydrogen (secondary N) is 1. The van der Waals surface area contributed by atoms with Crippen molar-refractivity contribution in [3.8, 4) is 0 Å². The summed E-state index contributed by atoms with van der Waals surface area (Å²) in [4.78, 5) is 22.5. The number of thioether (sulfide) groups is 1. The molecular weight excluding hydrogens is 434 g/mol. The van der Waals surface area contributed by atoms with Crippen molar-refractivity contribution >= 4 is 29.1 Å². The molecule has 2 aromatic rings. The fourth-order valence-corrected chi connectivity index (χ4v) is 5.44. The van der Waals surface area contributed by atoms with Crippen molar-refractivity contribution in [2.24, 2.45) is 10.3 Å². The Morgan fingerprint density at radius 3 is 2.88 bits per heavy atom. The highest BCUT2D eigenvalue weighted by atomic mass is 32.2. The van der Waals surface area contributed by atoms with Gasteiger partial charge in [0.05, 0.1) is 11.0 Å². The van der Waals surface area contributed by atoms with Gasteiger partial charge in [-0.25, -0.2) is 0 Å². The summed E-state index contributed by atoms with van der Waals surface area (Å²) in [7, 11) is 1.64. The van der Waals surface area contributed by atoms with Gasteiger partial charge >= 0.3 is 0 Å². The second-order valence-electron chi connectivity index (χ2n) is 8.50. The minimum absolute atomic E-state index is 0.00857. The molecule has 0 radical (unpaired) electrons. The second-order valence-corrected chi connectivity index (χ2v) is 9.62. The van der Waals surface area contributed by atoms with Crippen LogP contribution in [0.2, 0.25) is 0 Å². The number of oxime groups is 2. The van der Waals surface area contributed by atoms with Crippen LogP contribution in [0.15, 0.2) is 70.3 Å². The number of hydrogen-bond donors (Lipinski definition) is 1. The zero-order valence-electron chi connectivity index (χ0n) is 18.6. The molecule has 0 fully saturated rings. The molecule has 170 valence electrons. The third kappa shape index (κ3) is 4.83. The third-order valence-corrected chi connectivity index (χ3v) is 7.46. The standard InChI is InChI=1S/C26H27N3O3S/c1-27-26(30)15-25-22(12-13-33-25)28-31-16-24-23(29-32-24)14-17-6-8-19(9-7-17)21-11-10-18-4-2-3-5-20(18)21/h2-9,12-13,21,24-25H,10-11,14-16H2,1H3,(H,27,30). The lowest BCUT2D eigenvalue weighted by Gasteiger charge is -2.24. The molecule has 1 N–H and O–H groups in total. The van der Waals surface area contributed by atoms with Gasteiger partial charge in [-0.1, -0.05) is 58.8 Å². The van der Waals surface area contributed by atoms with Gasteiger partial charge in [-0.3, -0.25) is 4.79 Å². The summed E-state index contributed by atoms with van der Waals surface area (Å²) in [5.41, 5.74) is 7.27. The number of benzene rings is 2. The first-order valence-electron chi connectivity index (χ1n) is 11.3.